The Hall–Kier alpha value is -1.79. The number of hydrogen-bond donors (Lipinski definition) is 1. The van der Waals surface area contributed by atoms with E-state index in [1.165, 1.54) is 11.1 Å². The van der Waals surface area contributed by atoms with Gasteiger partial charge in [-0.15, -0.1) is 0 Å². The molecule has 1 unspecified atom stereocenters. The predicted molar refractivity (Wildman–Crippen MR) is 118 cm³/mol. The van der Waals surface area contributed by atoms with Gasteiger partial charge in [0.15, 0.2) is 11.5 Å². The van der Waals surface area contributed by atoms with Gasteiger partial charge in [-0.3, -0.25) is 9.69 Å². The highest BCUT2D eigenvalue weighted by molar-refractivity contribution is 5.76. The third-order valence-electron chi connectivity index (χ3n) is 6.60. The van der Waals surface area contributed by atoms with Crippen LogP contribution in [-0.4, -0.2) is 50.3 Å². The Kier molecular flexibility index (Phi) is 7.30. The van der Waals surface area contributed by atoms with Gasteiger partial charge in [0.2, 0.25) is 0 Å². The standard InChI is InChI=1S/C24H38N2O4/c1-14(2)9-17-13-26-8-7-16-10-21(28-5)22(29-6)11-18(16)19(26)12-20(17)30-24(27)23(25)15(3)4/h10-11,14-15,17,19-20,23H,7-9,12-13,25H2,1-6H3/t17-,19+,20-,23?/m1/s1. The molecule has 0 saturated carbocycles. The molecule has 0 radical (unpaired) electrons. The van der Waals surface area contributed by atoms with Crippen molar-refractivity contribution in [3.8, 4) is 11.5 Å². The molecule has 1 saturated heterocycles. The van der Waals surface area contributed by atoms with Crippen molar-refractivity contribution in [1.29, 1.82) is 0 Å². The number of fused-ring (bicyclic) bond motifs is 3. The van der Waals surface area contributed by atoms with E-state index in [2.05, 4.69) is 30.9 Å². The first-order chi connectivity index (χ1) is 14.2. The number of carbonyl (C=O) groups is 1. The van der Waals surface area contributed by atoms with Crippen LogP contribution in [-0.2, 0) is 16.0 Å². The lowest BCUT2D eigenvalue weighted by Crippen LogP contribution is -2.51. The summed E-state index contributed by atoms with van der Waals surface area (Å²) in [6.45, 7) is 10.3. The largest absolute Gasteiger partial charge is 0.493 e. The molecule has 1 fully saturated rings. The molecule has 2 N–H and O–H groups in total. The minimum absolute atomic E-state index is 0.0632. The van der Waals surface area contributed by atoms with Gasteiger partial charge in [0.25, 0.3) is 0 Å². The molecule has 4 atom stereocenters. The number of carbonyl (C=O) groups excluding carboxylic acids is 1. The van der Waals surface area contributed by atoms with E-state index in [-0.39, 0.29) is 24.0 Å². The van der Waals surface area contributed by atoms with Crippen molar-refractivity contribution in [2.24, 2.45) is 23.5 Å². The Morgan fingerprint density at radius 3 is 2.43 bits per heavy atom. The Morgan fingerprint density at radius 1 is 1.17 bits per heavy atom. The van der Waals surface area contributed by atoms with Crippen molar-refractivity contribution < 1.29 is 19.0 Å². The van der Waals surface area contributed by atoms with Gasteiger partial charge in [-0.2, -0.15) is 0 Å². The lowest BCUT2D eigenvalue weighted by Gasteiger charge is -2.47. The molecule has 0 amide bonds. The maximum absolute atomic E-state index is 12.7. The van der Waals surface area contributed by atoms with Crippen molar-refractivity contribution in [3.05, 3.63) is 23.3 Å². The molecule has 6 heteroatoms. The van der Waals surface area contributed by atoms with Crippen molar-refractivity contribution in [1.82, 2.24) is 4.90 Å². The molecule has 2 aliphatic heterocycles. The first-order valence-corrected chi connectivity index (χ1v) is 11.2. The van der Waals surface area contributed by atoms with Crippen LogP contribution >= 0.6 is 0 Å². The molecule has 0 bridgehead atoms. The molecular weight excluding hydrogens is 380 g/mol. The third kappa shape index (κ3) is 4.75. The lowest BCUT2D eigenvalue weighted by atomic mass is 9.79. The summed E-state index contributed by atoms with van der Waals surface area (Å²) in [4.78, 5) is 15.2. The van der Waals surface area contributed by atoms with E-state index >= 15 is 0 Å². The number of methoxy groups -OCH3 is 2. The molecule has 168 valence electrons. The zero-order valence-electron chi connectivity index (χ0n) is 19.3. The minimum Gasteiger partial charge on any atom is -0.493 e. The van der Waals surface area contributed by atoms with E-state index in [0.29, 0.717) is 11.8 Å². The average molecular weight is 419 g/mol. The van der Waals surface area contributed by atoms with Crippen LogP contribution in [0.1, 0.15) is 57.7 Å². The predicted octanol–water partition coefficient (Wildman–Crippen LogP) is 3.56. The minimum atomic E-state index is -0.578. The van der Waals surface area contributed by atoms with Gasteiger partial charge in [-0.1, -0.05) is 27.7 Å². The molecule has 0 aromatic heterocycles. The zero-order valence-corrected chi connectivity index (χ0v) is 19.3. The number of benzene rings is 1. The summed E-state index contributed by atoms with van der Waals surface area (Å²) in [5.74, 6) is 2.18. The molecule has 30 heavy (non-hydrogen) atoms. The normalized spacial score (nSPS) is 24.9. The van der Waals surface area contributed by atoms with Gasteiger partial charge in [0, 0.05) is 31.5 Å². The van der Waals surface area contributed by atoms with E-state index in [9.17, 15) is 4.79 Å². The number of hydrogen-bond acceptors (Lipinski definition) is 6. The number of rotatable bonds is 7. The maximum Gasteiger partial charge on any atom is 0.323 e. The molecule has 2 aliphatic rings. The first kappa shape index (κ1) is 22.9. The Balaban J connectivity index is 1.88. The molecule has 2 heterocycles. The van der Waals surface area contributed by atoms with Crippen LogP contribution in [0.2, 0.25) is 0 Å². The van der Waals surface area contributed by atoms with Gasteiger partial charge in [0.05, 0.1) is 14.2 Å². The molecular formula is C24H38N2O4. The smallest absolute Gasteiger partial charge is 0.323 e. The SMILES string of the molecule is COc1cc2c(cc1OC)[C@@H]1C[C@@H](OC(=O)C(N)C(C)C)[C@H](CC(C)C)CN1CC2. The van der Waals surface area contributed by atoms with Crippen LogP contribution in [0.4, 0.5) is 0 Å². The summed E-state index contributed by atoms with van der Waals surface area (Å²) >= 11 is 0. The van der Waals surface area contributed by atoms with E-state index in [0.717, 1.165) is 43.9 Å². The Bertz CT molecular complexity index is 749. The van der Waals surface area contributed by atoms with E-state index in [1.807, 2.05) is 13.8 Å². The molecule has 0 aliphatic carbocycles. The average Bonchev–Trinajstić information content (AvgIpc) is 2.71. The van der Waals surface area contributed by atoms with Crippen LogP contribution in [0.15, 0.2) is 12.1 Å². The topological polar surface area (TPSA) is 74.0 Å². The van der Waals surface area contributed by atoms with Gasteiger partial charge in [-0.25, -0.2) is 0 Å². The van der Waals surface area contributed by atoms with Crippen LogP contribution < -0.4 is 15.2 Å². The summed E-state index contributed by atoms with van der Waals surface area (Å²) in [6, 6.07) is 3.84. The van der Waals surface area contributed by atoms with Crippen molar-refractivity contribution in [3.63, 3.8) is 0 Å². The first-order valence-electron chi connectivity index (χ1n) is 11.2. The fourth-order valence-corrected chi connectivity index (χ4v) is 4.88. The van der Waals surface area contributed by atoms with E-state index < -0.39 is 6.04 Å². The van der Waals surface area contributed by atoms with Gasteiger partial charge >= 0.3 is 5.97 Å². The summed E-state index contributed by atoms with van der Waals surface area (Å²) in [5, 5.41) is 0. The Labute approximate surface area is 181 Å². The van der Waals surface area contributed by atoms with Crippen molar-refractivity contribution >= 4 is 5.97 Å². The summed E-state index contributed by atoms with van der Waals surface area (Å²) in [6.07, 6.45) is 2.70. The molecule has 6 nitrogen and oxygen atoms in total. The quantitative estimate of drug-likeness (QED) is 0.683. The molecule has 1 aromatic rings. The van der Waals surface area contributed by atoms with E-state index in [4.69, 9.17) is 19.9 Å². The summed E-state index contributed by atoms with van der Waals surface area (Å²) in [5.41, 5.74) is 8.64. The number of nitrogens with two attached hydrogens (primary N) is 1. The van der Waals surface area contributed by atoms with E-state index in [1.54, 1.807) is 14.2 Å². The highest BCUT2D eigenvalue weighted by atomic mass is 16.5. The van der Waals surface area contributed by atoms with Gasteiger partial charge in [0.1, 0.15) is 12.1 Å². The second kappa shape index (κ2) is 9.56. The fourth-order valence-electron chi connectivity index (χ4n) is 4.88. The summed E-state index contributed by atoms with van der Waals surface area (Å²) < 4.78 is 17.1. The molecule has 3 rings (SSSR count). The summed E-state index contributed by atoms with van der Waals surface area (Å²) in [7, 11) is 3.34. The highest BCUT2D eigenvalue weighted by Gasteiger charge is 2.41. The van der Waals surface area contributed by atoms with Crippen LogP contribution in [0.25, 0.3) is 0 Å². The van der Waals surface area contributed by atoms with Gasteiger partial charge < -0.3 is 19.9 Å². The van der Waals surface area contributed by atoms with Crippen LogP contribution in [0.5, 0.6) is 11.5 Å². The number of nitrogens with zero attached hydrogens (tertiary/aromatic N) is 1. The number of esters is 1. The number of piperidine rings is 1. The van der Waals surface area contributed by atoms with Crippen LogP contribution in [0, 0.1) is 17.8 Å². The third-order valence-corrected chi connectivity index (χ3v) is 6.60. The highest BCUT2D eigenvalue weighted by Crippen LogP contribution is 2.44. The number of ether oxygens (including phenoxy) is 3. The van der Waals surface area contributed by atoms with Crippen molar-refractivity contribution in [2.75, 3.05) is 27.3 Å². The fraction of sp³-hybridized carbons (Fsp3) is 0.708. The molecule has 0 spiro atoms. The molecule has 1 aromatic carbocycles. The van der Waals surface area contributed by atoms with Crippen molar-refractivity contribution in [2.45, 2.75) is 65.1 Å². The zero-order chi connectivity index (χ0) is 22.0. The second-order valence-electron chi connectivity index (χ2n) is 9.54. The Morgan fingerprint density at radius 2 is 1.83 bits per heavy atom. The second-order valence-corrected chi connectivity index (χ2v) is 9.54. The monoisotopic (exact) mass is 418 g/mol. The lowest BCUT2D eigenvalue weighted by molar-refractivity contribution is -0.160. The van der Waals surface area contributed by atoms with Gasteiger partial charge in [-0.05, 0) is 47.9 Å². The van der Waals surface area contributed by atoms with Crippen LogP contribution in [0.3, 0.4) is 0 Å². The maximum atomic E-state index is 12.7.